The molecule has 0 aliphatic heterocycles. The normalized spacial score (nSPS) is 21.9. The molecule has 3 heteroatoms. The molecule has 0 saturated heterocycles. The zero-order valence-corrected chi connectivity index (χ0v) is 17.6. The molecule has 1 saturated carbocycles. The zero-order chi connectivity index (χ0) is 20.4. The molecule has 1 aliphatic carbocycles. The van der Waals surface area contributed by atoms with Gasteiger partial charge >= 0.3 is 0 Å². The van der Waals surface area contributed by atoms with Gasteiger partial charge in [-0.25, -0.2) is 13.2 Å². The summed E-state index contributed by atoms with van der Waals surface area (Å²) < 4.78 is 41.8. The fraction of sp³-hybridized carbons (Fsp3) is 0.680. The summed E-state index contributed by atoms with van der Waals surface area (Å²) in [5.41, 5.74) is 1.28. The van der Waals surface area contributed by atoms with Crippen molar-refractivity contribution in [3.8, 4) is 0 Å². The first-order chi connectivity index (χ1) is 13.5. The van der Waals surface area contributed by atoms with Gasteiger partial charge in [0.1, 0.15) is 0 Å². The predicted molar refractivity (Wildman–Crippen MR) is 113 cm³/mol. The number of unbranched alkanes of at least 4 members (excludes halogenated alkanes) is 2. The Balaban J connectivity index is 1.79. The van der Waals surface area contributed by atoms with Gasteiger partial charge in [-0.15, -0.1) is 0 Å². The monoisotopic (exact) mass is 394 g/mol. The van der Waals surface area contributed by atoms with Gasteiger partial charge in [-0.3, -0.25) is 0 Å². The van der Waals surface area contributed by atoms with Gasteiger partial charge in [-0.2, -0.15) is 0 Å². The first kappa shape index (κ1) is 23.0. The smallest absolute Gasteiger partial charge is 0.236 e. The van der Waals surface area contributed by atoms with Crippen LogP contribution in [0, 0.1) is 5.92 Å². The minimum atomic E-state index is -3.28. The maximum Gasteiger partial charge on any atom is 0.282 e. The Labute approximate surface area is 169 Å². The number of halogens is 3. The Kier molecular flexibility index (Phi) is 9.61. The molecule has 0 N–H and O–H groups in total. The molecule has 1 fully saturated rings. The van der Waals surface area contributed by atoms with E-state index in [1.807, 2.05) is 12.1 Å². The summed E-state index contributed by atoms with van der Waals surface area (Å²) in [6.07, 6.45) is 13.3. The van der Waals surface area contributed by atoms with Crippen LogP contribution in [0.25, 0.3) is 0 Å². The Morgan fingerprint density at radius 3 is 2.21 bits per heavy atom. The van der Waals surface area contributed by atoms with Crippen LogP contribution in [0.5, 0.6) is 0 Å². The van der Waals surface area contributed by atoms with Crippen LogP contribution in [0.1, 0.15) is 108 Å². The van der Waals surface area contributed by atoms with Crippen molar-refractivity contribution in [3.05, 3.63) is 47.5 Å². The highest BCUT2D eigenvalue weighted by Crippen LogP contribution is 2.40. The molecule has 158 valence electrons. The molecule has 2 rings (SSSR count). The molecule has 0 amide bonds. The standard InChI is InChI=1S/C25H37F3/c1-3-5-6-7-8-9-10-20-11-13-21(14-12-20)22-15-17-23(18-16-22)24(26)25(27,28)19-4-2/h7-8,15-18,20-21,24H,3-6,9-14,19H2,1-2H3/b8-7+/t20-,21-,24?. The van der Waals surface area contributed by atoms with Crippen molar-refractivity contribution in [3.63, 3.8) is 0 Å². The third-order valence-electron chi connectivity index (χ3n) is 6.13. The summed E-state index contributed by atoms with van der Waals surface area (Å²) in [5.74, 6) is -1.99. The Bertz CT molecular complexity index is 568. The van der Waals surface area contributed by atoms with E-state index in [2.05, 4.69) is 19.1 Å². The fourth-order valence-electron chi connectivity index (χ4n) is 4.32. The number of hydrogen-bond donors (Lipinski definition) is 0. The molecule has 1 aromatic carbocycles. The molecule has 1 aromatic rings. The van der Waals surface area contributed by atoms with Gasteiger partial charge in [0.2, 0.25) is 0 Å². The Hall–Kier alpha value is -1.25. The Morgan fingerprint density at radius 1 is 0.964 bits per heavy atom. The third kappa shape index (κ3) is 6.97. The molecular weight excluding hydrogens is 357 g/mol. The quantitative estimate of drug-likeness (QED) is 0.259. The lowest BCUT2D eigenvalue weighted by atomic mass is 9.77. The third-order valence-corrected chi connectivity index (χ3v) is 6.13. The highest BCUT2D eigenvalue weighted by Gasteiger charge is 2.40. The number of alkyl halides is 3. The molecule has 0 radical (unpaired) electrons. The van der Waals surface area contributed by atoms with Crippen molar-refractivity contribution in [2.24, 2.45) is 5.92 Å². The van der Waals surface area contributed by atoms with Gasteiger partial charge < -0.3 is 0 Å². The molecule has 0 bridgehead atoms. The van der Waals surface area contributed by atoms with Gasteiger partial charge in [0.25, 0.3) is 5.92 Å². The van der Waals surface area contributed by atoms with Crippen molar-refractivity contribution in [1.82, 2.24) is 0 Å². The molecule has 1 unspecified atom stereocenters. The molecule has 28 heavy (non-hydrogen) atoms. The maximum absolute atomic E-state index is 14.2. The first-order valence-corrected chi connectivity index (χ1v) is 11.2. The minimum absolute atomic E-state index is 0.103. The number of rotatable bonds is 11. The highest BCUT2D eigenvalue weighted by molar-refractivity contribution is 5.28. The highest BCUT2D eigenvalue weighted by atomic mass is 19.3. The summed E-state index contributed by atoms with van der Waals surface area (Å²) in [6.45, 7) is 3.88. The van der Waals surface area contributed by atoms with E-state index in [0.29, 0.717) is 5.92 Å². The van der Waals surface area contributed by atoms with E-state index >= 15 is 0 Å². The molecular formula is C25H37F3. The van der Waals surface area contributed by atoms with Crippen molar-refractivity contribution in [2.45, 2.75) is 102 Å². The molecule has 1 aliphatic rings. The largest absolute Gasteiger partial charge is 0.282 e. The fourth-order valence-corrected chi connectivity index (χ4v) is 4.32. The van der Waals surface area contributed by atoms with Crippen LogP contribution < -0.4 is 0 Å². The summed E-state index contributed by atoms with van der Waals surface area (Å²) >= 11 is 0. The first-order valence-electron chi connectivity index (χ1n) is 11.2. The van der Waals surface area contributed by atoms with E-state index < -0.39 is 18.5 Å². The minimum Gasteiger partial charge on any atom is -0.236 e. The number of benzene rings is 1. The van der Waals surface area contributed by atoms with Crippen molar-refractivity contribution in [2.75, 3.05) is 0 Å². The zero-order valence-electron chi connectivity index (χ0n) is 17.6. The van der Waals surface area contributed by atoms with Crippen LogP contribution in [0.3, 0.4) is 0 Å². The van der Waals surface area contributed by atoms with E-state index in [0.717, 1.165) is 18.8 Å². The molecule has 0 aromatic heterocycles. The van der Waals surface area contributed by atoms with Gasteiger partial charge in [0.05, 0.1) is 0 Å². The second-order valence-corrected chi connectivity index (χ2v) is 8.45. The van der Waals surface area contributed by atoms with Crippen LogP contribution in [0.2, 0.25) is 0 Å². The number of allylic oxidation sites excluding steroid dienone is 2. The SMILES string of the molecule is CCCC/C=C/CC[C@H]1CC[C@H](c2ccc(C(F)C(F)(F)CCC)cc2)CC1. The lowest BCUT2D eigenvalue weighted by Crippen LogP contribution is -2.23. The van der Waals surface area contributed by atoms with E-state index in [9.17, 15) is 13.2 Å². The van der Waals surface area contributed by atoms with E-state index in [1.165, 1.54) is 50.5 Å². The van der Waals surface area contributed by atoms with Crippen molar-refractivity contribution >= 4 is 0 Å². The summed E-state index contributed by atoms with van der Waals surface area (Å²) in [5, 5.41) is 0. The van der Waals surface area contributed by atoms with Gasteiger partial charge in [-0.05, 0) is 67.9 Å². The second-order valence-electron chi connectivity index (χ2n) is 8.45. The summed E-state index contributed by atoms with van der Waals surface area (Å²) in [7, 11) is 0. The molecule has 0 heterocycles. The second kappa shape index (κ2) is 11.7. The van der Waals surface area contributed by atoms with Gasteiger partial charge in [0, 0.05) is 6.42 Å². The van der Waals surface area contributed by atoms with Crippen LogP contribution in [-0.4, -0.2) is 5.92 Å². The lowest BCUT2D eigenvalue weighted by molar-refractivity contribution is -0.0807. The van der Waals surface area contributed by atoms with Crippen molar-refractivity contribution < 1.29 is 13.2 Å². The number of hydrogen-bond acceptors (Lipinski definition) is 0. The van der Waals surface area contributed by atoms with E-state index in [4.69, 9.17) is 0 Å². The van der Waals surface area contributed by atoms with Crippen molar-refractivity contribution in [1.29, 1.82) is 0 Å². The average molecular weight is 395 g/mol. The van der Waals surface area contributed by atoms with Crippen LogP contribution in [0.4, 0.5) is 13.2 Å². The topological polar surface area (TPSA) is 0 Å². The summed E-state index contributed by atoms with van der Waals surface area (Å²) in [6, 6.07) is 6.87. The van der Waals surface area contributed by atoms with Crippen LogP contribution >= 0.6 is 0 Å². The average Bonchev–Trinajstić information content (AvgIpc) is 2.70. The lowest BCUT2D eigenvalue weighted by Gasteiger charge is -2.29. The van der Waals surface area contributed by atoms with Crippen LogP contribution in [-0.2, 0) is 0 Å². The molecule has 0 spiro atoms. The van der Waals surface area contributed by atoms with Crippen LogP contribution in [0.15, 0.2) is 36.4 Å². The van der Waals surface area contributed by atoms with Gasteiger partial charge in [0.15, 0.2) is 6.17 Å². The van der Waals surface area contributed by atoms with E-state index in [1.54, 1.807) is 19.1 Å². The van der Waals surface area contributed by atoms with Gasteiger partial charge in [-0.1, -0.05) is 69.5 Å². The molecule has 1 atom stereocenters. The summed E-state index contributed by atoms with van der Waals surface area (Å²) in [4.78, 5) is 0. The predicted octanol–water partition coefficient (Wildman–Crippen LogP) is 8.93. The van der Waals surface area contributed by atoms with E-state index in [-0.39, 0.29) is 12.0 Å². The molecule has 0 nitrogen and oxygen atoms in total. The maximum atomic E-state index is 14.2. The Morgan fingerprint density at radius 2 is 1.61 bits per heavy atom.